The van der Waals surface area contributed by atoms with Crippen LogP contribution in [0.25, 0.3) is 0 Å². The predicted octanol–water partition coefficient (Wildman–Crippen LogP) is 0.706. The Morgan fingerprint density at radius 2 is 2.37 bits per heavy atom. The molecule has 0 aromatic carbocycles. The van der Waals surface area contributed by atoms with Gasteiger partial charge >= 0.3 is 5.69 Å². The molecule has 19 heavy (non-hydrogen) atoms. The monoisotopic (exact) mass is 265 g/mol. The summed E-state index contributed by atoms with van der Waals surface area (Å²) in [7, 11) is 0. The van der Waals surface area contributed by atoms with Gasteiger partial charge in [0.25, 0.3) is 0 Å². The van der Waals surface area contributed by atoms with Crippen LogP contribution in [0.3, 0.4) is 0 Å². The van der Waals surface area contributed by atoms with Crippen molar-refractivity contribution in [3.63, 3.8) is 0 Å². The molecule has 0 saturated carbocycles. The Labute approximate surface area is 109 Å². The van der Waals surface area contributed by atoms with Gasteiger partial charge in [0, 0.05) is 12.6 Å². The topological polar surface area (TPSA) is 127 Å². The molecule has 0 fully saturated rings. The largest absolute Gasteiger partial charge is 0.396 e. The number of aromatic nitrogens is 2. The molecule has 8 nitrogen and oxygen atoms in total. The van der Waals surface area contributed by atoms with Gasteiger partial charge in [0.05, 0.1) is 4.92 Å². The van der Waals surface area contributed by atoms with Gasteiger partial charge < -0.3 is 16.2 Å². The van der Waals surface area contributed by atoms with Crippen LogP contribution in [-0.4, -0.2) is 32.6 Å². The van der Waals surface area contributed by atoms with Crippen molar-refractivity contribution in [3.8, 4) is 0 Å². The normalized spacial score (nSPS) is 21.5. The maximum absolute atomic E-state index is 11.0. The fraction of sp³-hybridized carbons (Fsp3) is 0.455. The number of anilines is 2. The molecule has 0 spiro atoms. The zero-order valence-corrected chi connectivity index (χ0v) is 10.2. The zero-order valence-electron chi connectivity index (χ0n) is 10.2. The number of nitrogens with zero attached hydrogens (tertiary/aromatic N) is 3. The molecule has 0 radical (unpaired) electrons. The molecule has 1 aliphatic rings. The number of aliphatic hydroxyl groups is 1. The van der Waals surface area contributed by atoms with Gasteiger partial charge in [-0.3, -0.25) is 10.1 Å². The summed E-state index contributed by atoms with van der Waals surface area (Å²) in [6.45, 7) is 0.0706. The highest BCUT2D eigenvalue weighted by Crippen LogP contribution is 2.30. The summed E-state index contributed by atoms with van der Waals surface area (Å²) < 4.78 is 0. The standard InChI is InChI=1S/C11H15N5O3/c12-10-9(16(18)19)11(14-6-13-10)15-8-3-1-2-7(8)4-5-17/h1-2,6-8,17H,3-5H2,(H3,12,13,14,15). The third-order valence-electron chi connectivity index (χ3n) is 3.11. The minimum atomic E-state index is -0.596. The molecular formula is C11H15N5O3. The molecule has 2 unspecified atom stereocenters. The summed E-state index contributed by atoms with van der Waals surface area (Å²) in [5, 5.41) is 23.0. The maximum atomic E-state index is 11.0. The van der Waals surface area contributed by atoms with Crippen LogP contribution in [0.4, 0.5) is 17.3 Å². The van der Waals surface area contributed by atoms with Crippen LogP contribution in [0.2, 0.25) is 0 Å². The van der Waals surface area contributed by atoms with Gasteiger partial charge in [0.1, 0.15) is 6.33 Å². The highest BCUT2D eigenvalue weighted by Gasteiger charge is 2.27. The number of nitro groups is 1. The SMILES string of the molecule is Nc1ncnc(NC2CC=CC2CCO)c1[N+](=O)[O-]. The van der Waals surface area contributed by atoms with Gasteiger partial charge in [-0.25, -0.2) is 9.97 Å². The summed E-state index contributed by atoms with van der Waals surface area (Å²) in [4.78, 5) is 17.9. The number of nitrogen functional groups attached to an aromatic ring is 1. The van der Waals surface area contributed by atoms with Crippen LogP contribution >= 0.6 is 0 Å². The van der Waals surface area contributed by atoms with Gasteiger partial charge in [-0.05, 0) is 18.8 Å². The van der Waals surface area contributed by atoms with Crippen molar-refractivity contribution in [2.45, 2.75) is 18.9 Å². The van der Waals surface area contributed by atoms with Gasteiger partial charge in [-0.15, -0.1) is 0 Å². The van der Waals surface area contributed by atoms with Crippen molar-refractivity contribution >= 4 is 17.3 Å². The Balaban J connectivity index is 2.20. The Morgan fingerprint density at radius 3 is 3.05 bits per heavy atom. The van der Waals surface area contributed by atoms with Crippen molar-refractivity contribution in [2.75, 3.05) is 17.7 Å². The highest BCUT2D eigenvalue weighted by atomic mass is 16.6. The maximum Gasteiger partial charge on any atom is 0.352 e. The molecule has 0 aliphatic heterocycles. The summed E-state index contributed by atoms with van der Waals surface area (Å²) in [6, 6.07) is -0.0276. The van der Waals surface area contributed by atoms with E-state index in [1.54, 1.807) is 0 Å². The number of rotatable bonds is 5. The van der Waals surface area contributed by atoms with E-state index >= 15 is 0 Å². The second-order valence-corrected chi connectivity index (χ2v) is 4.30. The van der Waals surface area contributed by atoms with Crippen molar-refractivity contribution < 1.29 is 10.0 Å². The lowest BCUT2D eigenvalue weighted by Gasteiger charge is -2.20. The summed E-state index contributed by atoms with van der Waals surface area (Å²) in [5.74, 6) is 0.0853. The average Bonchev–Trinajstić information content (AvgIpc) is 2.77. The van der Waals surface area contributed by atoms with Crippen LogP contribution in [-0.2, 0) is 0 Å². The first-order valence-corrected chi connectivity index (χ1v) is 5.92. The van der Waals surface area contributed by atoms with Gasteiger partial charge in [-0.1, -0.05) is 12.2 Å². The van der Waals surface area contributed by atoms with Crippen LogP contribution in [0.1, 0.15) is 12.8 Å². The minimum absolute atomic E-state index is 0.0276. The molecule has 1 heterocycles. The number of aliphatic hydroxyl groups excluding tert-OH is 1. The molecule has 0 amide bonds. The van der Waals surface area contributed by atoms with E-state index in [1.165, 1.54) is 6.33 Å². The van der Waals surface area contributed by atoms with Gasteiger partial charge in [0.2, 0.25) is 11.6 Å². The van der Waals surface area contributed by atoms with Crippen LogP contribution in [0.5, 0.6) is 0 Å². The number of hydrogen-bond acceptors (Lipinski definition) is 7. The molecule has 2 atom stereocenters. The van der Waals surface area contributed by atoms with Crippen LogP contribution in [0.15, 0.2) is 18.5 Å². The quantitative estimate of drug-likeness (QED) is 0.406. The minimum Gasteiger partial charge on any atom is -0.396 e. The van der Waals surface area contributed by atoms with E-state index in [0.29, 0.717) is 6.42 Å². The molecule has 1 aromatic rings. The predicted molar refractivity (Wildman–Crippen MR) is 69.5 cm³/mol. The number of nitrogens with one attached hydrogen (secondary N) is 1. The van der Waals surface area contributed by atoms with E-state index in [-0.39, 0.29) is 35.9 Å². The fourth-order valence-electron chi connectivity index (χ4n) is 2.17. The third-order valence-corrected chi connectivity index (χ3v) is 3.11. The Bertz CT molecular complexity index is 505. The molecular weight excluding hydrogens is 250 g/mol. The van der Waals surface area contributed by atoms with E-state index in [4.69, 9.17) is 10.8 Å². The molecule has 102 valence electrons. The van der Waals surface area contributed by atoms with Crippen LogP contribution in [0, 0.1) is 16.0 Å². The second kappa shape index (κ2) is 5.61. The summed E-state index contributed by atoms with van der Waals surface area (Å²) >= 11 is 0. The first-order chi connectivity index (χ1) is 9.13. The van der Waals surface area contributed by atoms with Crippen molar-refractivity contribution in [3.05, 3.63) is 28.6 Å². The van der Waals surface area contributed by atoms with Gasteiger partial charge in [0.15, 0.2) is 0 Å². The lowest BCUT2D eigenvalue weighted by molar-refractivity contribution is -0.383. The van der Waals surface area contributed by atoms with E-state index in [2.05, 4.69) is 15.3 Å². The Hall–Kier alpha value is -2.22. The first kappa shape index (κ1) is 13.2. The Kier molecular flexibility index (Phi) is 3.91. The average molecular weight is 265 g/mol. The molecule has 8 heteroatoms. The zero-order chi connectivity index (χ0) is 13.8. The first-order valence-electron chi connectivity index (χ1n) is 5.92. The fourth-order valence-corrected chi connectivity index (χ4v) is 2.17. The van der Waals surface area contributed by atoms with Crippen molar-refractivity contribution in [1.29, 1.82) is 0 Å². The van der Waals surface area contributed by atoms with Crippen molar-refractivity contribution in [2.24, 2.45) is 5.92 Å². The molecule has 0 bridgehead atoms. The molecule has 1 aliphatic carbocycles. The highest BCUT2D eigenvalue weighted by molar-refractivity contribution is 5.67. The smallest absolute Gasteiger partial charge is 0.352 e. The second-order valence-electron chi connectivity index (χ2n) is 4.30. The van der Waals surface area contributed by atoms with Gasteiger partial charge in [-0.2, -0.15) is 0 Å². The van der Waals surface area contributed by atoms with Crippen LogP contribution < -0.4 is 11.1 Å². The number of nitrogens with two attached hydrogens (primary N) is 1. The van der Waals surface area contributed by atoms with E-state index in [1.807, 2.05) is 12.2 Å². The van der Waals surface area contributed by atoms with E-state index < -0.39 is 4.92 Å². The summed E-state index contributed by atoms with van der Waals surface area (Å²) in [5.41, 5.74) is 5.19. The molecule has 2 rings (SSSR count). The lowest BCUT2D eigenvalue weighted by Crippen LogP contribution is -2.26. The molecule has 4 N–H and O–H groups in total. The number of hydrogen-bond donors (Lipinski definition) is 3. The summed E-state index contributed by atoms with van der Waals surface area (Å²) in [6.07, 6.45) is 6.49. The third kappa shape index (κ3) is 2.79. The van der Waals surface area contributed by atoms with Crippen molar-refractivity contribution in [1.82, 2.24) is 9.97 Å². The lowest BCUT2D eigenvalue weighted by atomic mass is 10.0. The molecule has 0 saturated heterocycles. The van der Waals surface area contributed by atoms with E-state index in [9.17, 15) is 10.1 Å². The Morgan fingerprint density at radius 1 is 1.58 bits per heavy atom. The molecule has 1 aromatic heterocycles. The van der Waals surface area contributed by atoms with E-state index in [0.717, 1.165) is 6.42 Å².